The fraction of sp³-hybridized carbons (Fsp3) is 0.190. The zero-order chi connectivity index (χ0) is 20.2. The zero-order valence-corrected chi connectivity index (χ0v) is 15.7. The van der Waals surface area contributed by atoms with Crippen LogP contribution in [0.3, 0.4) is 0 Å². The van der Waals surface area contributed by atoms with Crippen LogP contribution >= 0.6 is 0 Å². The van der Waals surface area contributed by atoms with Crippen LogP contribution in [0.1, 0.15) is 40.4 Å². The van der Waals surface area contributed by atoms with Crippen LogP contribution in [0.4, 0.5) is 5.82 Å². The first-order valence-electron chi connectivity index (χ1n) is 9.32. The molecular weight excluding hydrogens is 368 g/mol. The molecule has 0 saturated heterocycles. The maximum atomic E-state index is 12.7. The molecule has 0 unspecified atom stereocenters. The average Bonchev–Trinajstić information content (AvgIpc) is 3.53. The van der Waals surface area contributed by atoms with Gasteiger partial charge in [-0.1, -0.05) is 18.7 Å². The van der Waals surface area contributed by atoms with Crippen LogP contribution in [0.25, 0.3) is 5.95 Å². The summed E-state index contributed by atoms with van der Waals surface area (Å²) in [5.74, 6) is 0.870. The Bertz CT molecular complexity index is 1040. The molecule has 1 aliphatic carbocycles. The number of carbonyl (C=O) groups is 2. The predicted molar refractivity (Wildman–Crippen MR) is 108 cm³/mol. The van der Waals surface area contributed by atoms with E-state index in [-0.39, 0.29) is 11.8 Å². The van der Waals surface area contributed by atoms with Gasteiger partial charge in [0.25, 0.3) is 11.9 Å². The molecule has 1 aromatic carbocycles. The van der Waals surface area contributed by atoms with E-state index in [0.29, 0.717) is 29.8 Å². The highest BCUT2D eigenvalue weighted by Gasteiger charge is 2.28. The van der Waals surface area contributed by atoms with Crippen molar-refractivity contribution in [3.63, 3.8) is 0 Å². The van der Waals surface area contributed by atoms with Crippen LogP contribution in [0.2, 0.25) is 0 Å². The van der Waals surface area contributed by atoms with Crippen molar-refractivity contribution in [2.45, 2.75) is 25.3 Å². The van der Waals surface area contributed by atoms with Gasteiger partial charge in [0.1, 0.15) is 5.82 Å². The minimum Gasteiger partial charge on any atom is -0.348 e. The second-order valence-corrected chi connectivity index (χ2v) is 6.76. The molecule has 0 radical (unpaired) electrons. The van der Waals surface area contributed by atoms with Crippen molar-refractivity contribution in [1.82, 2.24) is 25.1 Å². The van der Waals surface area contributed by atoms with Crippen LogP contribution < -0.4 is 10.6 Å². The highest BCUT2D eigenvalue weighted by Crippen LogP contribution is 2.40. The van der Waals surface area contributed by atoms with E-state index < -0.39 is 0 Å². The molecule has 2 N–H and O–H groups in total. The molecule has 8 heteroatoms. The Kier molecular flexibility index (Phi) is 5.15. The largest absolute Gasteiger partial charge is 0.348 e. The fourth-order valence-electron chi connectivity index (χ4n) is 2.84. The number of nitrogens with one attached hydrogen (secondary N) is 2. The number of hydrogen-bond donors (Lipinski definition) is 2. The van der Waals surface area contributed by atoms with Gasteiger partial charge in [-0.3, -0.25) is 9.59 Å². The van der Waals surface area contributed by atoms with Gasteiger partial charge in [0, 0.05) is 36.5 Å². The SMILES string of the molecule is C=CC(=O)NCc1ccc(C(=O)Nc2cc(C3CC3)nn2-c2ncccn2)cc1. The first kappa shape index (κ1) is 18.5. The fourth-order valence-corrected chi connectivity index (χ4v) is 2.84. The summed E-state index contributed by atoms with van der Waals surface area (Å²) in [6.45, 7) is 3.79. The van der Waals surface area contributed by atoms with E-state index in [0.717, 1.165) is 24.1 Å². The van der Waals surface area contributed by atoms with E-state index >= 15 is 0 Å². The smallest absolute Gasteiger partial charge is 0.256 e. The lowest BCUT2D eigenvalue weighted by Crippen LogP contribution is -2.20. The van der Waals surface area contributed by atoms with Gasteiger partial charge in [-0.05, 0) is 42.7 Å². The van der Waals surface area contributed by atoms with Crippen LogP contribution in [0.5, 0.6) is 0 Å². The molecule has 1 saturated carbocycles. The lowest BCUT2D eigenvalue weighted by Gasteiger charge is -2.08. The van der Waals surface area contributed by atoms with Gasteiger partial charge in [0.05, 0.1) is 5.69 Å². The molecule has 146 valence electrons. The highest BCUT2D eigenvalue weighted by atomic mass is 16.2. The first-order chi connectivity index (χ1) is 14.1. The zero-order valence-electron chi connectivity index (χ0n) is 15.7. The first-order valence-corrected chi connectivity index (χ1v) is 9.32. The summed E-state index contributed by atoms with van der Waals surface area (Å²) in [7, 11) is 0. The third-order valence-electron chi connectivity index (χ3n) is 4.58. The number of rotatable bonds is 7. The molecule has 0 atom stereocenters. The Morgan fingerprint density at radius 2 is 1.90 bits per heavy atom. The Morgan fingerprint density at radius 3 is 2.55 bits per heavy atom. The summed E-state index contributed by atoms with van der Waals surface area (Å²) in [6.07, 6.45) is 6.69. The van der Waals surface area contributed by atoms with E-state index in [2.05, 4.69) is 32.3 Å². The van der Waals surface area contributed by atoms with Crippen molar-refractivity contribution in [3.8, 4) is 5.95 Å². The van der Waals surface area contributed by atoms with Gasteiger partial charge < -0.3 is 10.6 Å². The van der Waals surface area contributed by atoms with Crippen LogP contribution in [0.15, 0.2) is 61.4 Å². The molecule has 1 aliphatic rings. The Labute approximate surface area is 167 Å². The van der Waals surface area contributed by atoms with E-state index in [1.807, 2.05) is 6.07 Å². The maximum absolute atomic E-state index is 12.7. The van der Waals surface area contributed by atoms with Crippen molar-refractivity contribution in [2.24, 2.45) is 0 Å². The van der Waals surface area contributed by atoms with Crippen molar-refractivity contribution in [1.29, 1.82) is 0 Å². The monoisotopic (exact) mass is 388 g/mol. The normalized spacial score (nSPS) is 13.0. The van der Waals surface area contributed by atoms with Gasteiger partial charge in [0.2, 0.25) is 5.91 Å². The van der Waals surface area contributed by atoms with E-state index in [4.69, 9.17) is 0 Å². The van der Waals surface area contributed by atoms with E-state index in [1.54, 1.807) is 47.4 Å². The van der Waals surface area contributed by atoms with Gasteiger partial charge in [-0.25, -0.2) is 9.97 Å². The molecule has 2 aromatic heterocycles. The quantitative estimate of drug-likeness (QED) is 0.606. The van der Waals surface area contributed by atoms with E-state index in [9.17, 15) is 9.59 Å². The Balaban J connectivity index is 1.51. The number of anilines is 1. The van der Waals surface area contributed by atoms with E-state index in [1.165, 1.54) is 6.08 Å². The van der Waals surface area contributed by atoms with Gasteiger partial charge in [-0.2, -0.15) is 9.78 Å². The molecule has 3 aromatic rings. The summed E-state index contributed by atoms with van der Waals surface area (Å²) in [6, 6.07) is 10.6. The standard InChI is InChI=1S/C21H20N6O2/c1-2-19(28)24-13-14-4-6-16(7-5-14)20(29)25-18-12-17(15-8-9-15)26-27(18)21-22-10-3-11-23-21/h2-7,10-12,15H,1,8-9,13H2,(H,24,28)(H,25,29). The molecule has 2 amide bonds. The molecular formula is C21H20N6O2. The van der Waals surface area contributed by atoms with Crippen molar-refractivity contribution < 1.29 is 9.59 Å². The molecule has 0 aliphatic heterocycles. The Morgan fingerprint density at radius 1 is 1.17 bits per heavy atom. The van der Waals surface area contributed by atoms with Crippen molar-refractivity contribution in [2.75, 3.05) is 5.32 Å². The molecule has 1 fully saturated rings. The van der Waals surface area contributed by atoms with Crippen LogP contribution in [-0.2, 0) is 11.3 Å². The summed E-state index contributed by atoms with van der Waals surface area (Å²) in [5, 5.41) is 10.2. The number of aromatic nitrogens is 4. The van der Waals surface area contributed by atoms with Gasteiger partial charge in [0.15, 0.2) is 0 Å². The average molecular weight is 388 g/mol. The van der Waals surface area contributed by atoms with Crippen LogP contribution in [0, 0.1) is 0 Å². The lowest BCUT2D eigenvalue weighted by atomic mass is 10.1. The molecule has 0 spiro atoms. The number of carbonyl (C=O) groups excluding carboxylic acids is 2. The van der Waals surface area contributed by atoms with Gasteiger partial charge >= 0.3 is 0 Å². The van der Waals surface area contributed by atoms with Crippen LogP contribution in [-0.4, -0.2) is 31.6 Å². The number of amides is 2. The maximum Gasteiger partial charge on any atom is 0.256 e. The summed E-state index contributed by atoms with van der Waals surface area (Å²) in [5.41, 5.74) is 2.31. The van der Waals surface area contributed by atoms with Gasteiger partial charge in [-0.15, -0.1) is 0 Å². The summed E-state index contributed by atoms with van der Waals surface area (Å²) in [4.78, 5) is 32.5. The lowest BCUT2D eigenvalue weighted by molar-refractivity contribution is -0.116. The van der Waals surface area contributed by atoms with Crippen molar-refractivity contribution in [3.05, 3.63) is 78.3 Å². The van der Waals surface area contributed by atoms with Crippen molar-refractivity contribution >= 4 is 17.6 Å². The topological polar surface area (TPSA) is 102 Å². The second-order valence-electron chi connectivity index (χ2n) is 6.76. The highest BCUT2D eigenvalue weighted by molar-refractivity contribution is 6.04. The molecule has 8 nitrogen and oxygen atoms in total. The number of hydrogen-bond acceptors (Lipinski definition) is 5. The minimum absolute atomic E-state index is 0.241. The predicted octanol–water partition coefficient (Wildman–Crippen LogP) is 2.59. The second kappa shape index (κ2) is 8.05. The number of nitrogens with zero attached hydrogens (tertiary/aromatic N) is 4. The molecule has 2 heterocycles. The molecule has 0 bridgehead atoms. The molecule has 4 rings (SSSR count). The molecule has 29 heavy (non-hydrogen) atoms. The minimum atomic E-state index is -0.258. The third-order valence-corrected chi connectivity index (χ3v) is 4.58. The Hall–Kier alpha value is -3.81. The summed E-state index contributed by atoms with van der Waals surface area (Å²) >= 11 is 0. The number of benzene rings is 1. The summed E-state index contributed by atoms with van der Waals surface area (Å²) < 4.78 is 1.56. The third kappa shape index (κ3) is 4.37.